The van der Waals surface area contributed by atoms with E-state index in [1.165, 1.54) is 0 Å². The number of hydrogen-bond acceptors (Lipinski definition) is 20. The molecule has 0 aliphatic heterocycles. The highest BCUT2D eigenvalue weighted by Crippen LogP contribution is 2.63. The van der Waals surface area contributed by atoms with Crippen molar-refractivity contribution in [3.63, 3.8) is 0 Å². The lowest BCUT2D eigenvalue weighted by Gasteiger charge is -2.60. The summed E-state index contributed by atoms with van der Waals surface area (Å²) in [6.45, 7) is 7.25. The van der Waals surface area contributed by atoms with E-state index in [1.54, 1.807) is 72.8 Å². The van der Waals surface area contributed by atoms with Gasteiger partial charge in [0.05, 0.1) is 22.3 Å². The van der Waals surface area contributed by atoms with Gasteiger partial charge in [0, 0.05) is 0 Å². The predicted molar refractivity (Wildman–Crippen MR) is 282 cm³/mol. The van der Waals surface area contributed by atoms with E-state index in [9.17, 15) is 38.4 Å². The van der Waals surface area contributed by atoms with Gasteiger partial charge in [0.2, 0.25) is 0 Å². The summed E-state index contributed by atoms with van der Waals surface area (Å²) < 4.78 is 22.9. The van der Waals surface area contributed by atoms with Gasteiger partial charge in [-0.1, -0.05) is 70.8 Å². The van der Waals surface area contributed by atoms with Crippen molar-refractivity contribution < 1.29 is 96.4 Å². The number of rotatable bonds is 12. The Hall–Kier alpha value is -8.16. The van der Waals surface area contributed by atoms with Gasteiger partial charge in [-0.2, -0.15) is 19.2 Å². The molecule has 20 heteroatoms. The van der Waals surface area contributed by atoms with Crippen LogP contribution in [0, 0.1) is 56.8 Å². The molecule has 4 aliphatic carbocycles. The van der Waals surface area contributed by atoms with Gasteiger partial charge >= 0.3 is 48.5 Å². The molecule has 0 bridgehead atoms. The van der Waals surface area contributed by atoms with Crippen molar-refractivity contribution in [1.82, 2.24) is 0 Å². The first kappa shape index (κ1) is 59.0. The van der Waals surface area contributed by atoms with E-state index in [1.807, 2.05) is 52.0 Å². The van der Waals surface area contributed by atoms with Crippen LogP contribution in [0.5, 0.6) is 0 Å². The predicted octanol–water partition coefficient (Wildman–Crippen LogP) is 13.1. The molecule has 4 aromatic carbocycles. The lowest BCUT2D eigenvalue weighted by molar-refractivity contribution is -0.213. The Morgan fingerprint density at radius 3 is 0.679 bits per heavy atom. The van der Waals surface area contributed by atoms with Crippen molar-refractivity contribution in [3.05, 3.63) is 142 Å². The molecule has 0 spiro atoms. The van der Waals surface area contributed by atoms with Crippen molar-refractivity contribution in [2.45, 2.75) is 155 Å². The fourth-order valence-corrected chi connectivity index (χ4v) is 12.9. The highest BCUT2D eigenvalue weighted by Gasteiger charge is 2.57. The number of carbonyl (C=O) groups excluding carboxylic acids is 8. The Balaban J connectivity index is 0.972. The minimum Gasteiger partial charge on any atom is -0.428 e. The van der Waals surface area contributed by atoms with Crippen molar-refractivity contribution in [2.24, 2.45) is 29.1 Å². The first-order valence-corrected chi connectivity index (χ1v) is 27.7. The number of hydrogen-bond donors (Lipinski definition) is 0. The summed E-state index contributed by atoms with van der Waals surface area (Å²) in [6.07, 6.45) is 2.08. The smallest absolute Gasteiger partial charge is 0.428 e. The molecule has 0 atom stereocenters. The Morgan fingerprint density at radius 2 is 0.494 bits per heavy atom. The van der Waals surface area contributed by atoms with Crippen molar-refractivity contribution in [3.8, 4) is 0 Å². The van der Waals surface area contributed by atoms with Crippen LogP contribution in [0.3, 0.4) is 0 Å². The largest absolute Gasteiger partial charge is 0.550 e. The fraction of sp³-hybridized carbons (Fsp3) is 0.475. The fourth-order valence-electron chi connectivity index (χ4n) is 12.9. The zero-order chi connectivity index (χ0) is 57.5. The van der Waals surface area contributed by atoms with Gasteiger partial charge in [0.25, 0.3) is 0 Å². The van der Waals surface area contributed by atoms with E-state index in [2.05, 4.69) is 0 Å². The lowest BCUT2D eigenvalue weighted by atomic mass is 9.45. The first-order valence-electron chi connectivity index (χ1n) is 27.7. The third kappa shape index (κ3) is 16.0. The molecule has 0 heterocycles. The van der Waals surface area contributed by atoms with Crippen LogP contribution < -0.4 is 0 Å². The van der Waals surface area contributed by atoms with Gasteiger partial charge in [-0.3, -0.25) is 0 Å². The Labute approximate surface area is 468 Å². The molecule has 4 fully saturated rings. The lowest BCUT2D eigenvalue weighted by Crippen LogP contribution is -2.54. The molecular formula is C61H68O20. The summed E-state index contributed by atoms with van der Waals surface area (Å²) in [4.78, 5) is 141. The summed E-state index contributed by atoms with van der Waals surface area (Å²) in [5.74, 6) is -3.16. The molecule has 0 aromatic heterocycles. The summed E-state index contributed by atoms with van der Waals surface area (Å²) in [5, 5.41) is 0. The Kier molecular flexibility index (Phi) is 20.3. The van der Waals surface area contributed by atoms with Gasteiger partial charge in [0.15, 0.2) is 0 Å². The molecule has 20 nitrogen and oxygen atoms in total. The standard InChI is InChI=1S/C61H68O20/c1-37-9-5-13-41(33-37)53(62)74-78-57(66)70-49-25-17-45(18-26-49)61(46-19-27-50(28-20-46)71-58(67)79-75-54(63)42-14-6-10-38(2)34-42,47-21-29-51(30-22-47)72-59(68)80-76-55(64)43-15-7-11-39(3)35-43)48-23-31-52(32-24-48)73-60(69)81-77-56(65)44-16-8-12-40(4)36-44/h5-16,33-36,45-52H,17-32H2,1-4H3. The molecule has 0 saturated heterocycles. The number of carbonyl (C=O) groups is 8. The van der Waals surface area contributed by atoms with Crippen LogP contribution in [-0.4, -0.2) is 72.9 Å². The van der Waals surface area contributed by atoms with E-state index in [-0.39, 0.29) is 45.9 Å². The second-order valence-corrected chi connectivity index (χ2v) is 21.7. The Morgan fingerprint density at radius 1 is 0.296 bits per heavy atom. The number of benzene rings is 4. The van der Waals surface area contributed by atoms with E-state index in [0.29, 0.717) is 103 Å². The number of aryl methyl sites for hydroxylation is 4. The van der Waals surface area contributed by atoms with Crippen molar-refractivity contribution in [1.29, 1.82) is 0 Å². The third-order valence-corrected chi connectivity index (χ3v) is 16.3. The van der Waals surface area contributed by atoms with E-state index >= 15 is 0 Å². The van der Waals surface area contributed by atoms with Crippen LogP contribution in [0.2, 0.25) is 0 Å². The second kappa shape index (κ2) is 27.8. The van der Waals surface area contributed by atoms with Crippen molar-refractivity contribution in [2.75, 3.05) is 0 Å². The van der Waals surface area contributed by atoms with Crippen LogP contribution in [0.4, 0.5) is 19.2 Å². The molecule has 0 radical (unpaired) electrons. The molecule has 4 saturated carbocycles. The Bertz CT molecular complexity index is 2480. The van der Waals surface area contributed by atoms with Gasteiger partial charge in [0.1, 0.15) is 24.4 Å². The minimum absolute atomic E-state index is 0.0583. The van der Waals surface area contributed by atoms with E-state index < -0.39 is 78.3 Å². The monoisotopic (exact) mass is 1120 g/mol. The number of ether oxygens (including phenoxy) is 4. The first-order chi connectivity index (χ1) is 39.0. The molecule has 432 valence electrons. The van der Waals surface area contributed by atoms with Crippen LogP contribution in [0.25, 0.3) is 0 Å². The van der Waals surface area contributed by atoms with Crippen molar-refractivity contribution >= 4 is 48.5 Å². The average molecular weight is 1120 g/mol. The molecule has 0 unspecified atom stereocenters. The summed E-state index contributed by atoms with van der Waals surface area (Å²) in [6, 6.07) is 26.6. The molecular weight excluding hydrogens is 1050 g/mol. The molecule has 0 N–H and O–H groups in total. The van der Waals surface area contributed by atoms with Gasteiger partial charge in [-0.05, 0) is 208 Å². The quantitative estimate of drug-likeness (QED) is 0.0553. The zero-order valence-electron chi connectivity index (χ0n) is 45.8. The average Bonchev–Trinajstić information content (AvgIpc) is 3.58. The minimum atomic E-state index is -1.14. The van der Waals surface area contributed by atoms with Crippen LogP contribution in [0.15, 0.2) is 97.1 Å². The molecule has 4 aromatic rings. The maximum Gasteiger partial charge on any atom is 0.550 e. The SMILES string of the molecule is Cc1cccc(C(=O)OOC(=O)OC2CCC(C(C3CCC(OC(=O)OOC(=O)c4cccc(C)c4)CC3)(C3CCC(OC(=O)OOC(=O)c4cccc(C)c4)CC3)C3CCC(OC(=O)OOC(=O)c4cccc(C)c4)CC3)CC2)c1. The maximum absolute atomic E-state index is 13.0. The summed E-state index contributed by atoms with van der Waals surface area (Å²) in [7, 11) is 0. The highest BCUT2D eigenvalue weighted by atomic mass is 17.3. The highest BCUT2D eigenvalue weighted by molar-refractivity contribution is 5.91. The third-order valence-electron chi connectivity index (χ3n) is 16.3. The molecule has 81 heavy (non-hydrogen) atoms. The summed E-state index contributed by atoms with van der Waals surface area (Å²) >= 11 is 0. The summed E-state index contributed by atoms with van der Waals surface area (Å²) in [5.41, 5.74) is 3.70. The topological polar surface area (TPSA) is 247 Å². The van der Waals surface area contributed by atoms with Gasteiger partial charge in [-0.25, -0.2) is 58.3 Å². The van der Waals surface area contributed by atoms with Crippen LogP contribution >= 0.6 is 0 Å². The zero-order valence-corrected chi connectivity index (χ0v) is 45.8. The van der Waals surface area contributed by atoms with Crippen LogP contribution in [-0.2, 0) is 58.0 Å². The van der Waals surface area contributed by atoms with Gasteiger partial charge < -0.3 is 18.9 Å². The second-order valence-electron chi connectivity index (χ2n) is 21.7. The molecule has 8 rings (SSSR count). The molecule has 0 amide bonds. The normalized spacial score (nSPS) is 23.3. The van der Waals surface area contributed by atoms with E-state index in [4.69, 9.17) is 58.0 Å². The van der Waals surface area contributed by atoms with E-state index in [0.717, 1.165) is 22.3 Å². The van der Waals surface area contributed by atoms with Crippen LogP contribution in [0.1, 0.15) is 166 Å². The van der Waals surface area contributed by atoms with Gasteiger partial charge in [-0.15, -0.1) is 0 Å². The molecule has 4 aliphatic rings. The maximum atomic E-state index is 13.0.